The van der Waals surface area contributed by atoms with Crippen LogP contribution in [0.3, 0.4) is 0 Å². The fraction of sp³-hybridized carbons (Fsp3) is 0.455. The van der Waals surface area contributed by atoms with E-state index in [0.717, 1.165) is 37.1 Å². The van der Waals surface area contributed by atoms with E-state index >= 15 is 0 Å². The van der Waals surface area contributed by atoms with Gasteiger partial charge in [0.15, 0.2) is 0 Å². The van der Waals surface area contributed by atoms with Gasteiger partial charge in [0, 0.05) is 49.2 Å². The average Bonchev–Trinajstić information content (AvgIpc) is 3.55. The summed E-state index contributed by atoms with van der Waals surface area (Å²) >= 11 is 4.02. The van der Waals surface area contributed by atoms with Gasteiger partial charge in [-0.15, -0.1) is 11.8 Å². The first-order valence-corrected chi connectivity index (χ1v) is 12.4. The third kappa shape index (κ3) is 5.14. The predicted molar refractivity (Wildman–Crippen MR) is 127 cm³/mol. The highest BCUT2D eigenvalue weighted by Gasteiger charge is 2.31. The van der Waals surface area contributed by atoms with Gasteiger partial charge in [-0.3, -0.25) is 4.90 Å². The molecule has 1 aliphatic carbocycles. The van der Waals surface area contributed by atoms with E-state index in [1.807, 2.05) is 12.1 Å². The van der Waals surface area contributed by atoms with Gasteiger partial charge in [0.2, 0.25) is 0 Å². The quantitative estimate of drug-likeness (QED) is 0.253. The first kappa shape index (κ1) is 20.3. The Hall–Kier alpha value is -0.960. The van der Waals surface area contributed by atoms with Crippen molar-refractivity contribution in [3.63, 3.8) is 0 Å². The Kier molecular flexibility index (Phi) is 6.70. The van der Waals surface area contributed by atoms with Gasteiger partial charge in [0.1, 0.15) is 11.5 Å². The minimum absolute atomic E-state index is 0.0702. The van der Waals surface area contributed by atoms with Crippen LogP contribution in [0.1, 0.15) is 18.4 Å². The fourth-order valence-electron chi connectivity index (χ4n) is 3.79. The Balaban J connectivity index is 1.49. The second-order valence-corrected chi connectivity index (χ2v) is 10.0. The average molecular weight is 509 g/mol. The van der Waals surface area contributed by atoms with Gasteiger partial charge in [0.05, 0.1) is 4.05 Å². The number of piperazine rings is 1. The number of anilines is 1. The van der Waals surface area contributed by atoms with Gasteiger partial charge >= 0.3 is 0 Å². The lowest BCUT2D eigenvalue weighted by atomic mass is 10.1. The van der Waals surface area contributed by atoms with E-state index in [0.29, 0.717) is 0 Å². The Morgan fingerprint density at radius 2 is 1.82 bits per heavy atom. The number of thioether (sulfide) groups is 1. The SMILES string of the molecule is CSc1ccc(Oc2ccc(N3CCN(C4CC4)CC3)cc2CC(N)I)cc1. The maximum Gasteiger partial charge on any atom is 0.130 e. The van der Waals surface area contributed by atoms with Crippen LogP contribution in [0.15, 0.2) is 47.4 Å². The molecule has 2 N–H and O–H groups in total. The van der Waals surface area contributed by atoms with Crippen LogP contribution in [-0.4, -0.2) is 47.4 Å². The van der Waals surface area contributed by atoms with Crippen LogP contribution in [-0.2, 0) is 6.42 Å². The molecule has 2 aromatic rings. The minimum atomic E-state index is 0.0702. The van der Waals surface area contributed by atoms with Crippen molar-refractivity contribution in [1.29, 1.82) is 0 Å². The molecule has 0 amide bonds. The van der Waals surface area contributed by atoms with Crippen LogP contribution in [0.5, 0.6) is 11.5 Å². The molecule has 1 heterocycles. The van der Waals surface area contributed by atoms with Crippen molar-refractivity contribution in [2.24, 2.45) is 5.73 Å². The third-order valence-electron chi connectivity index (χ3n) is 5.49. The molecule has 0 bridgehead atoms. The highest BCUT2D eigenvalue weighted by molar-refractivity contribution is 14.1. The van der Waals surface area contributed by atoms with Gasteiger partial charge in [-0.25, -0.2) is 0 Å². The standard InChI is InChI=1S/C22H28IN3OS/c1-28-20-7-5-19(6-8-20)27-21-9-4-18(14-16(21)15-22(23)24)26-12-10-25(11-13-26)17-2-3-17/h4-9,14,17,22H,2-3,10-13,15,24H2,1H3. The highest BCUT2D eigenvalue weighted by atomic mass is 127. The lowest BCUT2D eigenvalue weighted by Gasteiger charge is -2.36. The molecule has 1 saturated carbocycles. The van der Waals surface area contributed by atoms with Crippen molar-refractivity contribution in [1.82, 2.24) is 4.90 Å². The van der Waals surface area contributed by atoms with Crippen molar-refractivity contribution in [2.45, 2.75) is 34.2 Å². The van der Waals surface area contributed by atoms with E-state index in [1.54, 1.807) is 11.8 Å². The smallest absolute Gasteiger partial charge is 0.130 e. The van der Waals surface area contributed by atoms with E-state index in [9.17, 15) is 0 Å². The Morgan fingerprint density at radius 1 is 1.11 bits per heavy atom. The first-order valence-electron chi connectivity index (χ1n) is 9.96. The molecule has 2 aromatic carbocycles. The summed E-state index contributed by atoms with van der Waals surface area (Å²) in [4.78, 5) is 6.38. The first-order chi connectivity index (χ1) is 13.6. The fourth-order valence-corrected chi connectivity index (χ4v) is 4.67. The van der Waals surface area contributed by atoms with Crippen LogP contribution < -0.4 is 15.4 Å². The van der Waals surface area contributed by atoms with Gasteiger partial charge in [-0.2, -0.15) is 0 Å². The van der Waals surface area contributed by atoms with E-state index in [1.165, 1.54) is 42.1 Å². The molecule has 1 unspecified atom stereocenters. The topological polar surface area (TPSA) is 41.7 Å². The maximum atomic E-state index is 6.21. The van der Waals surface area contributed by atoms with E-state index in [-0.39, 0.29) is 4.05 Å². The number of nitrogens with zero attached hydrogens (tertiary/aromatic N) is 2. The monoisotopic (exact) mass is 509 g/mol. The van der Waals surface area contributed by atoms with Gasteiger partial charge < -0.3 is 15.4 Å². The molecule has 4 rings (SSSR count). The van der Waals surface area contributed by atoms with Crippen molar-refractivity contribution in [3.8, 4) is 11.5 Å². The van der Waals surface area contributed by atoms with Crippen LogP contribution in [0.4, 0.5) is 5.69 Å². The molecular formula is C22H28IN3OS. The molecule has 28 heavy (non-hydrogen) atoms. The molecule has 150 valence electrons. The Labute approximate surface area is 185 Å². The van der Waals surface area contributed by atoms with Crippen molar-refractivity contribution < 1.29 is 4.74 Å². The van der Waals surface area contributed by atoms with E-state index < -0.39 is 0 Å². The summed E-state index contributed by atoms with van der Waals surface area (Å²) in [6.07, 6.45) is 5.66. The summed E-state index contributed by atoms with van der Waals surface area (Å²) in [5, 5.41) is 0. The number of hydrogen-bond acceptors (Lipinski definition) is 5. The molecule has 1 atom stereocenters. The van der Waals surface area contributed by atoms with Crippen LogP contribution in [0.2, 0.25) is 0 Å². The summed E-state index contributed by atoms with van der Waals surface area (Å²) in [6.45, 7) is 4.54. The molecule has 0 aromatic heterocycles. The summed E-state index contributed by atoms with van der Waals surface area (Å²) in [7, 11) is 0. The zero-order valence-electron chi connectivity index (χ0n) is 16.3. The number of alkyl halides is 1. The van der Waals surface area contributed by atoms with E-state index in [4.69, 9.17) is 10.5 Å². The number of nitrogens with two attached hydrogens (primary N) is 1. The van der Waals surface area contributed by atoms with Crippen molar-refractivity contribution in [3.05, 3.63) is 48.0 Å². The third-order valence-corrected chi connectivity index (χ3v) is 6.67. The Bertz CT molecular complexity index is 787. The van der Waals surface area contributed by atoms with Gasteiger partial charge in [-0.05, 0) is 67.1 Å². The molecule has 1 saturated heterocycles. The lowest BCUT2D eigenvalue weighted by Crippen LogP contribution is -2.47. The maximum absolute atomic E-state index is 6.21. The van der Waals surface area contributed by atoms with Crippen LogP contribution >= 0.6 is 34.4 Å². The zero-order valence-corrected chi connectivity index (χ0v) is 19.3. The molecule has 4 nitrogen and oxygen atoms in total. The highest BCUT2D eigenvalue weighted by Crippen LogP contribution is 2.33. The number of ether oxygens (including phenoxy) is 1. The number of halogens is 1. The minimum Gasteiger partial charge on any atom is -0.457 e. The van der Waals surface area contributed by atoms with Gasteiger partial charge in [0.25, 0.3) is 0 Å². The zero-order chi connectivity index (χ0) is 19.5. The lowest BCUT2D eigenvalue weighted by molar-refractivity contribution is 0.248. The number of rotatable bonds is 7. The van der Waals surface area contributed by atoms with E-state index in [2.05, 4.69) is 69.0 Å². The molecular weight excluding hydrogens is 481 g/mol. The van der Waals surface area contributed by atoms with Crippen molar-refractivity contribution in [2.75, 3.05) is 37.3 Å². The molecule has 2 fully saturated rings. The molecule has 0 spiro atoms. The number of benzene rings is 2. The van der Waals surface area contributed by atoms with Crippen LogP contribution in [0, 0.1) is 0 Å². The number of hydrogen-bond donors (Lipinski definition) is 1. The molecule has 6 heteroatoms. The second kappa shape index (κ2) is 9.24. The summed E-state index contributed by atoms with van der Waals surface area (Å²) in [5.41, 5.74) is 8.58. The summed E-state index contributed by atoms with van der Waals surface area (Å²) < 4.78 is 6.28. The molecule has 1 aliphatic heterocycles. The molecule has 0 radical (unpaired) electrons. The van der Waals surface area contributed by atoms with Crippen LogP contribution in [0.25, 0.3) is 0 Å². The second-order valence-electron chi connectivity index (χ2n) is 7.54. The summed E-state index contributed by atoms with van der Waals surface area (Å²) in [6, 6.07) is 15.7. The largest absolute Gasteiger partial charge is 0.457 e. The Morgan fingerprint density at radius 3 is 2.43 bits per heavy atom. The van der Waals surface area contributed by atoms with Crippen molar-refractivity contribution >= 4 is 40.0 Å². The normalized spacial score (nSPS) is 18.9. The van der Waals surface area contributed by atoms with Gasteiger partial charge in [-0.1, -0.05) is 22.6 Å². The summed E-state index contributed by atoms with van der Waals surface area (Å²) in [5.74, 6) is 1.77. The molecule has 2 aliphatic rings. The predicted octanol–water partition coefficient (Wildman–Crippen LogP) is 4.75.